The molecule has 0 atom stereocenters. The number of piperidine rings is 1. The fourth-order valence-electron chi connectivity index (χ4n) is 3.41. The van der Waals surface area contributed by atoms with Crippen molar-refractivity contribution in [3.63, 3.8) is 0 Å². The first kappa shape index (κ1) is 20.8. The number of nitrogens with one attached hydrogen (secondary N) is 1. The van der Waals surface area contributed by atoms with Crippen molar-refractivity contribution in [2.24, 2.45) is 0 Å². The van der Waals surface area contributed by atoms with Gasteiger partial charge in [-0.3, -0.25) is 4.79 Å². The quantitative estimate of drug-likeness (QED) is 0.464. The van der Waals surface area contributed by atoms with Crippen LogP contribution in [0.5, 0.6) is 0 Å². The average Bonchev–Trinajstić information content (AvgIpc) is 2.78. The van der Waals surface area contributed by atoms with Crippen LogP contribution in [0.2, 0.25) is 0 Å². The Kier molecular flexibility index (Phi) is 6.31. The van der Waals surface area contributed by atoms with E-state index in [4.69, 9.17) is 0 Å². The molecule has 1 saturated heterocycles. The van der Waals surface area contributed by atoms with Crippen LogP contribution >= 0.6 is 11.8 Å². The van der Waals surface area contributed by atoms with Gasteiger partial charge in [0.25, 0.3) is 0 Å². The number of aromatic nitrogens is 2. The van der Waals surface area contributed by atoms with E-state index in [-0.39, 0.29) is 16.6 Å². The van der Waals surface area contributed by atoms with Crippen LogP contribution in [-0.2, 0) is 14.8 Å². The SMILES string of the molecule is O=C(CSc1ncnc2ccccc12)Nc1cccc(S(=O)(=O)N2CCCCC2)c1. The van der Waals surface area contributed by atoms with Crippen molar-refractivity contribution in [2.45, 2.75) is 29.2 Å². The third-order valence-electron chi connectivity index (χ3n) is 4.92. The molecule has 0 radical (unpaired) electrons. The third kappa shape index (κ3) is 4.63. The number of carbonyl (C=O) groups excluding carboxylic acids is 1. The molecule has 156 valence electrons. The molecule has 3 aromatic rings. The number of thioether (sulfide) groups is 1. The van der Waals surface area contributed by atoms with Gasteiger partial charge in [0.1, 0.15) is 11.4 Å². The Morgan fingerprint density at radius 1 is 1.03 bits per heavy atom. The number of nitrogens with zero attached hydrogens (tertiary/aromatic N) is 3. The number of anilines is 1. The number of para-hydroxylation sites is 1. The van der Waals surface area contributed by atoms with Gasteiger partial charge in [-0.05, 0) is 37.1 Å². The van der Waals surface area contributed by atoms with Crippen molar-refractivity contribution in [3.8, 4) is 0 Å². The second-order valence-corrected chi connectivity index (χ2v) is 9.93. The van der Waals surface area contributed by atoms with E-state index >= 15 is 0 Å². The zero-order chi connectivity index (χ0) is 21.0. The Balaban J connectivity index is 1.43. The smallest absolute Gasteiger partial charge is 0.243 e. The molecule has 30 heavy (non-hydrogen) atoms. The van der Waals surface area contributed by atoms with Crippen molar-refractivity contribution in [2.75, 3.05) is 24.2 Å². The highest BCUT2D eigenvalue weighted by Gasteiger charge is 2.26. The maximum Gasteiger partial charge on any atom is 0.243 e. The maximum atomic E-state index is 12.9. The van der Waals surface area contributed by atoms with Crippen LogP contribution in [0.1, 0.15) is 19.3 Å². The van der Waals surface area contributed by atoms with Gasteiger partial charge in [0, 0.05) is 24.2 Å². The lowest BCUT2D eigenvalue weighted by molar-refractivity contribution is -0.113. The van der Waals surface area contributed by atoms with Crippen molar-refractivity contribution in [1.29, 1.82) is 0 Å². The monoisotopic (exact) mass is 442 g/mol. The summed E-state index contributed by atoms with van der Waals surface area (Å²) in [4.78, 5) is 21.1. The van der Waals surface area contributed by atoms with E-state index in [1.54, 1.807) is 18.2 Å². The number of sulfonamides is 1. The van der Waals surface area contributed by atoms with Crippen LogP contribution < -0.4 is 5.32 Å². The maximum absolute atomic E-state index is 12.9. The molecule has 2 heterocycles. The fourth-order valence-corrected chi connectivity index (χ4v) is 5.77. The number of amides is 1. The predicted octanol–water partition coefficient (Wildman–Crippen LogP) is 3.54. The Hall–Kier alpha value is -2.49. The van der Waals surface area contributed by atoms with E-state index in [0.29, 0.717) is 18.8 Å². The Morgan fingerprint density at radius 3 is 2.67 bits per heavy atom. The average molecular weight is 443 g/mol. The fraction of sp³-hybridized carbons (Fsp3) is 0.286. The Bertz CT molecular complexity index is 1160. The number of rotatable bonds is 6. The molecule has 1 amide bonds. The first-order chi connectivity index (χ1) is 14.5. The molecule has 0 spiro atoms. The van der Waals surface area contributed by atoms with Gasteiger partial charge >= 0.3 is 0 Å². The van der Waals surface area contributed by atoms with E-state index in [0.717, 1.165) is 35.2 Å². The lowest BCUT2D eigenvalue weighted by Gasteiger charge is -2.26. The highest BCUT2D eigenvalue weighted by molar-refractivity contribution is 8.00. The molecular weight excluding hydrogens is 420 g/mol. The van der Waals surface area contributed by atoms with E-state index < -0.39 is 10.0 Å². The highest BCUT2D eigenvalue weighted by atomic mass is 32.2. The molecule has 0 aliphatic carbocycles. The number of benzene rings is 2. The number of hydrogen-bond acceptors (Lipinski definition) is 6. The van der Waals surface area contributed by atoms with Crippen LogP contribution in [-0.4, -0.2) is 47.4 Å². The summed E-state index contributed by atoms with van der Waals surface area (Å²) in [6.45, 7) is 1.09. The van der Waals surface area contributed by atoms with Crippen LogP contribution in [0, 0.1) is 0 Å². The summed E-state index contributed by atoms with van der Waals surface area (Å²) < 4.78 is 27.2. The zero-order valence-corrected chi connectivity index (χ0v) is 18.0. The second-order valence-electron chi connectivity index (χ2n) is 7.03. The summed E-state index contributed by atoms with van der Waals surface area (Å²) in [5.41, 5.74) is 1.29. The van der Waals surface area contributed by atoms with Crippen LogP contribution in [0.3, 0.4) is 0 Å². The summed E-state index contributed by atoms with van der Waals surface area (Å²) >= 11 is 1.32. The summed E-state index contributed by atoms with van der Waals surface area (Å²) in [5, 5.41) is 4.42. The molecular formula is C21H22N4O3S2. The van der Waals surface area contributed by atoms with Gasteiger partial charge in [0.15, 0.2) is 0 Å². The Labute approximate surface area is 180 Å². The van der Waals surface area contributed by atoms with E-state index in [1.807, 2.05) is 24.3 Å². The molecule has 9 heteroatoms. The lowest BCUT2D eigenvalue weighted by atomic mass is 10.2. The summed E-state index contributed by atoms with van der Waals surface area (Å²) in [6.07, 6.45) is 4.30. The van der Waals surface area contributed by atoms with Crippen molar-refractivity contribution in [3.05, 3.63) is 54.9 Å². The topological polar surface area (TPSA) is 92.3 Å². The van der Waals surface area contributed by atoms with Gasteiger partial charge in [0.2, 0.25) is 15.9 Å². The number of carbonyl (C=O) groups is 1. The first-order valence-electron chi connectivity index (χ1n) is 9.77. The van der Waals surface area contributed by atoms with E-state index in [1.165, 1.54) is 28.5 Å². The van der Waals surface area contributed by atoms with E-state index in [9.17, 15) is 13.2 Å². The molecule has 0 bridgehead atoms. The molecule has 0 unspecified atom stereocenters. The van der Waals surface area contributed by atoms with Gasteiger partial charge in [-0.15, -0.1) is 0 Å². The molecule has 7 nitrogen and oxygen atoms in total. The summed E-state index contributed by atoms with van der Waals surface area (Å²) in [6, 6.07) is 14.1. The minimum atomic E-state index is -3.54. The van der Waals surface area contributed by atoms with Crippen molar-refractivity contribution in [1.82, 2.24) is 14.3 Å². The van der Waals surface area contributed by atoms with Gasteiger partial charge in [-0.1, -0.05) is 42.4 Å². The lowest BCUT2D eigenvalue weighted by Crippen LogP contribution is -2.35. The van der Waals surface area contributed by atoms with Gasteiger partial charge < -0.3 is 5.32 Å². The molecule has 2 aromatic carbocycles. The zero-order valence-electron chi connectivity index (χ0n) is 16.3. The summed E-state index contributed by atoms with van der Waals surface area (Å²) in [5.74, 6) is -0.0698. The molecule has 1 N–H and O–H groups in total. The largest absolute Gasteiger partial charge is 0.325 e. The Morgan fingerprint density at radius 2 is 1.83 bits per heavy atom. The first-order valence-corrected chi connectivity index (χ1v) is 12.2. The molecule has 1 aromatic heterocycles. The van der Waals surface area contributed by atoms with Crippen molar-refractivity contribution >= 4 is 44.3 Å². The molecule has 4 rings (SSSR count). The minimum absolute atomic E-state index is 0.157. The van der Waals surface area contributed by atoms with Crippen LogP contribution in [0.15, 0.2) is 64.8 Å². The normalized spacial score (nSPS) is 15.2. The third-order valence-corrected chi connectivity index (χ3v) is 7.82. The predicted molar refractivity (Wildman–Crippen MR) is 118 cm³/mol. The standard InChI is InChI=1S/C21H22N4O3S2/c26-20(14-29-21-18-9-2-3-10-19(18)22-15-23-21)24-16-7-6-8-17(13-16)30(27,28)25-11-4-1-5-12-25/h2-3,6-10,13,15H,1,4-5,11-12,14H2,(H,24,26). The summed E-state index contributed by atoms with van der Waals surface area (Å²) in [7, 11) is -3.54. The number of fused-ring (bicyclic) bond motifs is 1. The number of hydrogen-bond donors (Lipinski definition) is 1. The molecule has 0 saturated carbocycles. The van der Waals surface area contributed by atoms with Crippen LogP contribution in [0.25, 0.3) is 10.9 Å². The van der Waals surface area contributed by atoms with Gasteiger partial charge in [-0.25, -0.2) is 18.4 Å². The van der Waals surface area contributed by atoms with Crippen LogP contribution in [0.4, 0.5) is 5.69 Å². The van der Waals surface area contributed by atoms with Gasteiger partial charge in [0.05, 0.1) is 16.2 Å². The molecule has 1 aliphatic heterocycles. The highest BCUT2D eigenvalue weighted by Crippen LogP contribution is 2.25. The minimum Gasteiger partial charge on any atom is -0.325 e. The molecule has 1 aliphatic rings. The van der Waals surface area contributed by atoms with Gasteiger partial charge in [-0.2, -0.15) is 4.31 Å². The molecule has 1 fully saturated rings. The van der Waals surface area contributed by atoms with E-state index in [2.05, 4.69) is 15.3 Å². The second kappa shape index (κ2) is 9.11. The van der Waals surface area contributed by atoms with Crippen molar-refractivity contribution < 1.29 is 13.2 Å².